The number of methoxy groups -OCH3 is 2. The van der Waals surface area contributed by atoms with Gasteiger partial charge in [-0.3, -0.25) is 9.59 Å². The highest BCUT2D eigenvalue weighted by atomic mass is 16.5. The third-order valence-corrected chi connectivity index (χ3v) is 3.84. The summed E-state index contributed by atoms with van der Waals surface area (Å²) in [5, 5.41) is 10.3. The molecule has 1 N–H and O–H groups in total. The van der Waals surface area contributed by atoms with E-state index in [-0.39, 0.29) is 24.1 Å². The van der Waals surface area contributed by atoms with Crippen molar-refractivity contribution in [3.8, 4) is 5.88 Å². The summed E-state index contributed by atoms with van der Waals surface area (Å²) in [4.78, 5) is 26.6. The Morgan fingerprint density at radius 3 is 2.68 bits per heavy atom. The van der Waals surface area contributed by atoms with Crippen LogP contribution in [0.15, 0.2) is 12.1 Å². The minimum atomic E-state index is -0.998. The molecule has 2 amide bonds. The molecule has 1 fully saturated rings. The fraction of sp³-hybridized carbons (Fsp3) is 0.571. The number of aromatic nitrogens is 2. The van der Waals surface area contributed by atoms with E-state index in [0.717, 1.165) is 6.42 Å². The summed E-state index contributed by atoms with van der Waals surface area (Å²) < 4.78 is 10.1. The lowest BCUT2D eigenvalue weighted by Crippen LogP contribution is -2.59. The van der Waals surface area contributed by atoms with Crippen molar-refractivity contribution in [3.63, 3.8) is 0 Å². The first-order valence-electron chi connectivity index (χ1n) is 7.00. The van der Waals surface area contributed by atoms with Gasteiger partial charge in [0.25, 0.3) is 5.91 Å². The van der Waals surface area contributed by atoms with Crippen molar-refractivity contribution >= 4 is 11.8 Å². The van der Waals surface area contributed by atoms with Crippen molar-refractivity contribution in [3.05, 3.63) is 17.8 Å². The molecule has 1 aliphatic heterocycles. The van der Waals surface area contributed by atoms with Gasteiger partial charge in [0.2, 0.25) is 11.8 Å². The predicted octanol–water partition coefficient (Wildman–Crippen LogP) is -0.148. The van der Waals surface area contributed by atoms with Crippen LogP contribution in [0.4, 0.5) is 0 Å². The fourth-order valence-corrected chi connectivity index (χ4v) is 2.78. The Balaban J connectivity index is 2.31. The average Bonchev–Trinajstić information content (AvgIpc) is 2.98. The zero-order chi connectivity index (χ0) is 16.2. The van der Waals surface area contributed by atoms with Gasteiger partial charge < -0.3 is 19.7 Å². The largest absolute Gasteiger partial charge is 0.480 e. The zero-order valence-electron chi connectivity index (χ0n) is 13.0. The second-order valence-electron chi connectivity index (χ2n) is 5.07. The zero-order valence-corrected chi connectivity index (χ0v) is 13.0. The van der Waals surface area contributed by atoms with Crippen molar-refractivity contribution in [2.24, 2.45) is 0 Å². The maximum Gasteiger partial charge on any atom is 0.275 e. The van der Waals surface area contributed by atoms with Crippen molar-refractivity contribution in [1.29, 1.82) is 0 Å². The SMILES string of the molecule is CNC(=O)C1(COC)CCCN1C(=O)c1ccc(OC)nn1. The van der Waals surface area contributed by atoms with Gasteiger partial charge >= 0.3 is 0 Å². The molecule has 1 aromatic rings. The molecule has 2 heterocycles. The van der Waals surface area contributed by atoms with Crippen LogP contribution in [0.2, 0.25) is 0 Å². The number of nitrogens with zero attached hydrogens (tertiary/aromatic N) is 3. The Hall–Kier alpha value is -2.22. The number of hydrogen-bond acceptors (Lipinski definition) is 6. The lowest BCUT2D eigenvalue weighted by atomic mass is 9.95. The molecular weight excluding hydrogens is 288 g/mol. The molecule has 1 aliphatic rings. The second kappa shape index (κ2) is 6.69. The van der Waals surface area contributed by atoms with Gasteiger partial charge in [-0.1, -0.05) is 0 Å². The molecule has 2 rings (SSSR count). The summed E-state index contributed by atoms with van der Waals surface area (Å²) in [5.74, 6) is -0.248. The number of likely N-dealkylation sites (N-methyl/N-ethyl adjacent to an activating group) is 1. The monoisotopic (exact) mass is 308 g/mol. The first-order chi connectivity index (χ1) is 10.6. The molecule has 0 aromatic carbocycles. The van der Waals surface area contributed by atoms with E-state index >= 15 is 0 Å². The van der Waals surface area contributed by atoms with Crippen molar-refractivity contribution in [1.82, 2.24) is 20.4 Å². The number of likely N-dealkylation sites (tertiary alicyclic amines) is 1. The van der Waals surface area contributed by atoms with Gasteiger partial charge in [-0.25, -0.2) is 0 Å². The van der Waals surface area contributed by atoms with Crippen molar-refractivity contribution < 1.29 is 19.1 Å². The third kappa shape index (κ3) is 2.74. The summed E-state index contributed by atoms with van der Waals surface area (Å²) in [7, 11) is 4.54. The van der Waals surface area contributed by atoms with Crippen LogP contribution in [0.25, 0.3) is 0 Å². The molecule has 22 heavy (non-hydrogen) atoms. The number of carbonyl (C=O) groups is 2. The molecule has 8 heteroatoms. The van der Waals surface area contributed by atoms with E-state index in [9.17, 15) is 9.59 Å². The molecule has 8 nitrogen and oxygen atoms in total. The first kappa shape index (κ1) is 16.2. The van der Waals surface area contributed by atoms with Gasteiger partial charge in [-0.05, 0) is 18.9 Å². The van der Waals surface area contributed by atoms with E-state index in [0.29, 0.717) is 18.8 Å². The highest BCUT2D eigenvalue weighted by Crippen LogP contribution is 2.31. The van der Waals surface area contributed by atoms with Crippen LogP contribution >= 0.6 is 0 Å². The molecule has 0 aliphatic carbocycles. The molecule has 1 saturated heterocycles. The van der Waals surface area contributed by atoms with E-state index in [2.05, 4.69) is 15.5 Å². The van der Waals surface area contributed by atoms with E-state index in [1.807, 2.05) is 0 Å². The molecule has 1 aromatic heterocycles. The molecule has 0 saturated carbocycles. The molecular formula is C14H20N4O4. The highest BCUT2D eigenvalue weighted by Gasteiger charge is 2.49. The summed E-state index contributed by atoms with van der Waals surface area (Å²) in [6.07, 6.45) is 1.28. The fourth-order valence-electron chi connectivity index (χ4n) is 2.78. The summed E-state index contributed by atoms with van der Waals surface area (Å²) in [6.45, 7) is 0.616. The average molecular weight is 308 g/mol. The van der Waals surface area contributed by atoms with E-state index < -0.39 is 5.54 Å². The smallest absolute Gasteiger partial charge is 0.275 e. The van der Waals surface area contributed by atoms with Gasteiger partial charge in [-0.15, -0.1) is 10.2 Å². The Labute approximate surface area is 128 Å². The highest BCUT2D eigenvalue weighted by molar-refractivity contribution is 5.98. The summed E-state index contributed by atoms with van der Waals surface area (Å²) in [6, 6.07) is 3.10. The molecule has 120 valence electrons. The van der Waals surface area contributed by atoms with Crippen LogP contribution in [0.5, 0.6) is 5.88 Å². The van der Waals surface area contributed by atoms with Crippen molar-refractivity contribution in [2.75, 3.05) is 34.4 Å². The van der Waals surface area contributed by atoms with Crippen LogP contribution in [-0.2, 0) is 9.53 Å². The van der Waals surface area contributed by atoms with Crippen molar-refractivity contribution in [2.45, 2.75) is 18.4 Å². The Morgan fingerprint density at radius 2 is 2.14 bits per heavy atom. The van der Waals surface area contributed by atoms with Gasteiger partial charge in [0, 0.05) is 26.8 Å². The van der Waals surface area contributed by atoms with E-state index in [4.69, 9.17) is 9.47 Å². The predicted molar refractivity (Wildman–Crippen MR) is 77.5 cm³/mol. The molecule has 1 unspecified atom stereocenters. The van der Waals surface area contributed by atoms with E-state index in [1.54, 1.807) is 13.1 Å². The number of carbonyl (C=O) groups excluding carboxylic acids is 2. The van der Waals surface area contributed by atoms with Gasteiger partial charge in [0.15, 0.2) is 5.69 Å². The quantitative estimate of drug-likeness (QED) is 0.813. The van der Waals surface area contributed by atoms with Gasteiger partial charge in [-0.2, -0.15) is 0 Å². The first-order valence-corrected chi connectivity index (χ1v) is 7.00. The number of nitrogens with one attached hydrogen (secondary N) is 1. The van der Waals surface area contributed by atoms with Crippen LogP contribution in [0.3, 0.4) is 0 Å². The van der Waals surface area contributed by atoms with Crippen LogP contribution in [0.1, 0.15) is 23.3 Å². The summed E-state index contributed by atoms with van der Waals surface area (Å²) >= 11 is 0. The van der Waals surface area contributed by atoms with Crippen LogP contribution in [-0.4, -0.2) is 66.9 Å². The summed E-state index contributed by atoms with van der Waals surface area (Å²) in [5.41, 5.74) is -0.825. The van der Waals surface area contributed by atoms with Gasteiger partial charge in [0.05, 0.1) is 13.7 Å². The molecule has 0 bridgehead atoms. The Kier molecular flexibility index (Phi) is 4.92. The normalized spacial score (nSPS) is 20.8. The number of hydrogen-bond donors (Lipinski definition) is 1. The standard InChI is InChI=1S/C14H20N4O4/c1-15-13(20)14(9-21-2)7-4-8-18(14)12(19)10-5-6-11(22-3)17-16-10/h5-6H,4,7-9H2,1-3H3,(H,15,20). The molecule has 0 radical (unpaired) electrons. The minimum absolute atomic E-state index is 0.141. The third-order valence-electron chi connectivity index (χ3n) is 3.84. The van der Waals surface area contributed by atoms with E-state index in [1.165, 1.54) is 25.2 Å². The number of ether oxygens (including phenoxy) is 2. The lowest BCUT2D eigenvalue weighted by molar-refractivity contribution is -0.133. The topological polar surface area (TPSA) is 93.7 Å². The second-order valence-corrected chi connectivity index (χ2v) is 5.07. The van der Waals surface area contributed by atoms with Gasteiger partial charge in [0.1, 0.15) is 5.54 Å². The Bertz CT molecular complexity index is 548. The minimum Gasteiger partial charge on any atom is -0.480 e. The van der Waals surface area contributed by atoms with Crippen LogP contribution < -0.4 is 10.1 Å². The number of rotatable bonds is 5. The Morgan fingerprint density at radius 1 is 1.36 bits per heavy atom. The molecule has 1 atom stereocenters. The maximum atomic E-state index is 12.7. The lowest BCUT2D eigenvalue weighted by Gasteiger charge is -2.35. The van der Waals surface area contributed by atoms with Crippen LogP contribution in [0, 0.1) is 0 Å². The number of amides is 2. The maximum absolute atomic E-state index is 12.7. The molecule has 0 spiro atoms.